The summed E-state index contributed by atoms with van der Waals surface area (Å²) in [5.74, 6) is -21.8. The Morgan fingerprint density at radius 1 is 0.200 bits per heavy atom. The molecular formula is C42H30O23. The minimum absolute atomic E-state index is 0.333. The Labute approximate surface area is 360 Å². The molecule has 0 bridgehead atoms. The summed E-state index contributed by atoms with van der Waals surface area (Å²) in [7, 11) is 0. The van der Waals surface area contributed by atoms with Crippen molar-refractivity contribution in [1.82, 2.24) is 0 Å². The number of ether oxygens (including phenoxy) is 6. The zero-order chi connectivity index (χ0) is 47.2. The molecule has 0 radical (unpaired) electrons. The second kappa shape index (κ2) is 16.4. The Kier molecular flexibility index (Phi) is 10.9. The fourth-order valence-corrected chi connectivity index (χ4v) is 5.76. The van der Waals surface area contributed by atoms with E-state index in [0.29, 0.717) is 6.07 Å². The van der Waals surface area contributed by atoms with Crippen LogP contribution in [0.5, 0.6) is 167 Å². The van der Waals surface area contributed by atoms with Crippen molar-refractivity contribution in [2.24, 2.45) is 0 Å². The van der Waals surface area contributed by atoms with Gasteiger partial charge in [-0.05, 0) is 0 Å². The SMILES string of the molecule is Oc1cc(O)c(Oc2cc(O)c(Oc3cc(O)c(O)c(O)c3Oc3cc(O)c(Oc4cc(O)cc(O)c4Oc4cc(O)c(Oc5cc(O)c(O)c(O)c5)c(O)c4)c(O)c3)c(O)c2)c(O)c1. The van der Waals surface area contributed by atoms with Crippen LogP contribution in [0.25, 0.3) is 0 Å². The number of aromatic hydroxyl groups is 17. The molecule has 0 amide bonds. The molecule has 336 valence electrons. The maximum atomic E-state index is 11.0. The third-order valence-electron chi connectivity index (χ3n) is 8.64. The maximum absolute atomic E-state index is 11.0. The molecule has 0 spiro atoms. The third kappa shape index (κ3) is 8.62. The van der Waals surface area contributed by atoms with Crippen LogP contribution < -0.4 is 28.4 Å². The van der Waals surface area contributed by atoms with Crippen molar-refractivity contribution in [3.8, 4) is 167 Å². The standard InChI is InChI=1S/C42H30O23/c43-14-1-23(48)37(24(49)2-14)61-17-7-28(53)40(29(54)8-17)65-33-13-22(47)35(58)36(59)42(33)63-19-11-30(55)39(31(56)12-19)64-32-4-15(44)3-25(50)41(32)62-18-9-26(51)38(27(52)10-18)60-16-5-20(45)34(57)21(46)6-16/h1-13,43-59H. The highest BCUT2D eigenvalue weighted by Gasteiger charge is 2.27. The van der Waals surface area contributed by atoms with Gasteiger partial charge in [0.25, 0.3) is 0 Å². The lowest BCUT2D eigenvalue weighted by molar-refractivity contribution is 0.322. The molecule has 7 rings (SSSR count). The lowest BCUT2D eigenvalue weighted by Crippen LogP contribution is -1.95. The highest BCUT2D eigenvalue weighted by Crippen LogP contribution is 2.56. The van der Waals surface area contributed by atoms with Gasteiger partial charge in [0.1, 0.15) is 34.5 Å². The van der Waals surface area contributed by atoms with Crippen molar-refractivity contribution in [2.75, 3.05) is 0 Å². The van der Waals surface area contributed by atoms with E-state index >= 15 is 0 Å². The molecule has 23 nitrogen and oxygen atoms in total. The molecule has 0 aliphatic carbocycles. The summed E-state index contributed by atoms with van der Waals surface area (Å²) in [5, 5.41) is 176. The Bertz CT molecular complexity index is 2920. The van der Waals surface area contributed by atoms with Crippen LogP contribution in [0.3, 0.4) is 0 Å². The highest BCUT2D eigenvalue weighted by molar-refractivity contribution is 5.69. The summed E-state index contributed by atoms with van der Waals surface area (Å²) in [6.07, 6.45) is 0. The number of rotatable bonds is 12. The molecule has 0 atom stereocenters. The molecule has 0 aliphatic heterocycles. The molecule has 0 saturated heterocycles. The van der Waals surface area contributed by atoms with Crippen LogP contribution in [0, 0.1) is 0 Å². The van der Waals surface area contributed by atoms with Crippen LogP contribution in [0.15, 0.2) is 78.9 Å². The monoisotopic (exact) mass is 902 g/mol. The molecule has 17 N–H and O–H groups in total. The summed E-state index contributed by atoms with van der Waals surface area (Å²) in [6, 6.07) is 10.6. The molecular weight excluding hydrogens is 872 g/mol. The van der Waals surface area contributed by atoms with Gasteiger partial charge in [-0.3, -0.25) is 0 Å². The van der Waals surface area contributed by atoms with Gasteiger partial charge in [0.05, 0.1) is 0 Å². The zero-order valence-electron chi connectivity index (χ0n) is 32.1. The third-order valence-corrected chi connectivity index (χ3v) is 8.64. The summed E-state index contributed by atoms with van der Waals surface area (Å²) >= 11 is 0. The number of phenols is 17. The Morgan fingerprint density at radius 3 is 0.862 bits per heavy atom. The van der Waals surface area contributed by atoms with E-state index in [-0.39, 0.29) is 11.5 Å². The second-order valence-electron chi connectivity index (χ2n) is 13.3. The fourth-order valence-electron chi connectivity index (χ4n) is 5.76. The molecule has 0 fully saturated rings. The predicted molar refractivity (Wildman–Crippen MR) is 214 cm³/mol. The van der Waals surface area contributed by atoms with Crippen LogP contribution in [0.2, 0.25) is 0 Å². The van der Waals surface area contributed by atoms with Gasteiger partial charge in [0, 0.05) is 78.9 Å². The van der Waals surface area contributed by atoms with E-state index in [4.69, 9.17) is 28.4 Å². The quantitative estimate of drug-likeness (QED) is 0.0529. The van der Waals surface area contributed by atoms with E-state index in [2.05, 4.69) is 0 Å². The Balaban J connectivity index is 1.15. The first-order valence-corrected chi connectivity index (χ1v) is 17.8. The molecule has 0 saturated carbocycles. The van der Waals surface area contributed by atoms with Crippen LogP contribution >= 0.6 is 0 Å². The summed E-state index contributed by atoms with van der Waals surface area (Å²) in [6.45, 7) is 0. The summed E-state index contributed by atoms with van der Waals surface area (Å²) in [5.41, 5.74) is 0. The number of hydrogen-bond donors (Lipinski definition) is 17. The van der Waals surface area contributed by atoms with Gasteiger partial charge in [-0.25, -0.2) is 0 Å². The van der Waals surface area contributed by atoms with Crippen molar-refractivity contribution in [1.29, 1.82) is 0 Å². The van der Waals surface area contributed by atoms with E-state index in [1.165, 1.54) is 0 Å². The normalized spacial score (nSPS) is 10.9. The summed E-state index contributed by atoms with van der Waals surface area (Å²) < 4.78 is 32.9. The van der Waals surface area contributed by atoms with Gasteiger partial charge in [-0.2, -0.15) is 0 Å². The van der Waals surface area contributed by atoms with Crippen LogP contribution in [0.4, 0.5) is 0 Å². The van der Waals surface area contributed by atoms with Crippen molar-refractivity contribution in [3.05, 3.63) is 78.9 Å². The highest BCUT2D eigenvalue weighted by atomic mass is 16.6. The predicted octanol–water partition coefficient (Wildman–Crippen LogP) is 7.44. The number of hydrogen-bond acceptors (Lipinski definition) is 23. The van der Waals surface area contributed by atoms with E-state index in [0.717, 1.165) is 72.8 Å². The average Bonchev–Trinajstić information content (AvgIpc) is 3.21. The molecule has 7 aromatic carbocycles. The van der Waals surface area contributed by atoms with E-state index < -0.39 is 155 Å². The molecule has 0 heterocycles. The first-order valence-electron chi connectivity index (χ1n) is 17.8. The molecule has 0 aromatic heterocycles. The van der Waals surface area contributed by atoms with Crippen molar-refractivity contribution in [3.63, 3.8) is 0 Å². The van der Waals surface area contributed by atoms with Crippen LogP contribution in [0.1, 0.15) is 0 Å². The van der Waals surface area contributed by atoms with Gasteiger partial charge >= 0.3 is 0 Å². The van der Waals surface area contributed by atoms with Crippen LogP contribution in [-0.4, -0.2) is 86.8 Å². The molecule has 0 unspecified atom stereocenters. The van der Waals surface area contributed by atoms with Gasteiger partial charge in [0.2, 0.25) is 51.7 Å². The largest absolute Gasteiger partial charge is 0.508 e. The topological polar surface area (TPSA) is 399 Å². The fraction of sp³-hybridized carbons (Fsp3) is 0. The minimum Gasteiger partial charge on any atom is -0.508 e. The van der Waals surface area contributed by atoms with E-state index in [1.807, 2.05) is 0 Å². The molecule has 0 aliphatic rings. The lowest BCUT2D eigenvalue weighted by Gasteiger charge is -2.18. The van der Waals surface area contributed by atoms with Gasteiger partial charge in [0.15, 0.2) is 80.5 Å². The first kappa shape index (κ1) is 43.0. The lowest BCUT2D eigenvalue weighted by atomic mass is 10.2. The molecule has 65 heavy (non-hydrogen) atoms. The summed E-state index contributed by atoms with van der Waals surface area (Å²) in [4.78, 5) is 0. The Morgan fingerprint density at radius 2 is 0.462 bits per heavy atom. The first-order chi connectivity index (χ1) is 30.7. The number of phenolic OH excluding ortho intramolecular Hbond substituents is 17. The maximum Gasteiger partial charge on any atom is 0.215 e. The van der Waals surface area contributed by atoms with E-state index in [1.54, 1.807) is 0 Å². The van der Waals surface area contributed by atoms with Gasteiger partial charge < -0.3 is 115 Å². The van der Waals surface area contributed by atoms with Crippen molar-refractivity contribution in [2.45, 2.75) is 0 Å². The minimum atomic E-state index is -1.20. The molecule has 7 aromatic rings. The van der Waals surface area contributed by atoms with Crippen molar-refractivity contribution < 1.29 is 115 Å². The van der Waals surface area contributed by atoms with E-state index in [9.17, 15) is 86.8 Å². The van der Waals surface area contributed by atoms with Crippen LogP contribution in [-0.2, 0) is 0 Å². The second-order valence-corrected chi connectivity index (χ2v) is 13.3. The number of benzene rings is 7. The Hall–Kier alpha value is -10.1. The smallest absolute Gasteiger partial charge is 0.215 e. The van der Waals surface area contributed by atoms with Crippen molar-refractivity contribution >= 4 is 0 Å². The van der Waals surface area contributed by atoms with Gasteiger partial charge in [-0.15, -0.1) is 0 Å². The average molecular weight is 903 g/mol. The zero-order valence-corrected chi connectivity index (χ0v) is 32.1. The van der Waals surface area contributed by atoms with Gasteiger partial charge in [-0.1, -0.05) is 0 Å². The molecule has 23 heteroatoms.